The molecular weight excluding hydrogens is 302 g/mol. The van der Waals surface area contributed by atoms with E-state index in [0.29, 0.717) is 5.33 Å². The van der Waals surface area contributed by atoms with Crippen molar-refractivity contribution in [3.05, 3.63) is 22.4 Å². The van der Waals surface area contributed by atoms with Crippen molar-refractivity contribution in [2.45, 2.75) is 10.7 Å². The van der Waals surface area contributed by atoms with Gasteiger partial charge >= 0.3 is 0 Å². The Hall–Kier alpha value is 0.150. The lowest BCUT2D eigenvalue weighted by molar-refractivity contribution is 0.843. The third-order valence-electron chi connectivity index (χ3n) is 1.45. The van der Waals surface area contributed by atoms with Crippen LogP contribution in [-0.2, 0) is 6.42 Å². The summed E-state index contributed by atoms with van der Waals surface area (Å²) in [6.07, 6.45) is 0.756. The number of nitrogens with zero attached hydrogens (tertiary/aromatic N) is 1. The summed E-state index contributed by atoms with van der Waals surface area (Å²) in [6.45, 7) is 0. The van der Waals surface area contributed by atoms with Crippen LogP contribution in [0.1, 0.15) is 4.88 Å². The van der Waals surface area contributed by atoms with Gasteiger partial charge in [0.1, 0.15) is 4.32 Å². The smallest absolute Gasteiger partial charge is 0.126 e. The summed E-state index contributed by atoms with van der Waals surface area (Å²) in [6, 6.07) is 6.28. The van der Waals surface area contributed by atoms with E-state index in [9.17, 15) is 0 Å². The molecule has 64 valence electrons. The van der Waals surface area contributed by atoms with Crippen LogP contribution in [0.3, 0.4) is 0 Å². The minimum absolute atomic E-state index is 0.447. The maximum Gasteiger partial charge on any atom is 0.126 e. The Morgan fingerprint density at radius 3 is 2.83 bits per heavy atom. The van der Waals surface area contributed by atoms with E-state index in [1.54, 1.807) is 11.3 Å². The third-order valence-corrected chi connectivity index (χ3v) is 4.77. The molecule has 0 saturated carbocycles. The number of halogens is 2. The van der Waals surface area contributed by atoms with Crippen LogP contribution in [0.4, 0.5) is 0 Å². The summed E-state index contributed by atoms with van der Waals surface area (Å²) in [5, 5.41) is 11.5. The van der Waals surface area contributed by atoms with Gasteiger partial charge in [0, 0.05) is 16.6 Å². The molecule has 1 aromatic rings. The van der Waals surface area contributed by atoms with Crippen molar-refractivity contribution in [2.75, 3.05) is 5.33 Å². The Balaban J connectivity index is 2.68. The van der Waals surface area contributed by atoms with E-state index < -0.39 is 4.32 Å². The number of hydrogen-bond acceptors (Lipinski definition) is 2. The summed E-state index contributed by atoms with van der Waals surface area (Å²) in [4.78, 5) is 1.23. The van der Waals surface area contributed by atoms with Crippen LogP contribution in [0.25, 0.3) is 0 Å². The molecule has 0 fully saturated rings. The Bertz CT molecular complexity index is 278. The largest absolute Gasteiger partial charge is 0.197 e. The van der Waals surface area contributed by atoms with Crippen molar-refractivity contribution < 1.29 is 0 Å². The molecule has 1 unspecified atom stereocenters. The summed E-state index contributed by atoms with van der Waals surface area (Å²) >= 11 is 8.40. The van der Waals surface area contributed by atoms with Crippen molar-refractivity contribution >= 4 is 43.2 Å². The van der Waals surface area contributed by atoms with Gasteiger partial charge in [-0.2, -0.15) is 5.26 Å². The Morgan fingerprint density at radius 2 is 2.42 bits per heavy atom. The van der Waals surface area contributed by atoms with Gasteiger partial charge in [-0.1, -0.05) is 37.9 Å². The topological polar surface area (TPSA) is 23.8 Å². The van der Waals surface area contributed by atoms with E-state index in [4.69, 9.17) is 5.26 Å². The van der Waals surface area contributed by atoms with Gasteiger partial charge in [0.05, 0.1) is 6.07 Å². The number of thiophene rings is 1. The second kappa shape index (κ2) is 4.40. The molecule has 0 aromatic carbocycles. The molecule has 0 radical (unpaired) electrons. The number of hydrogen-bond donors (Lipinski definition) is 0. The molecule has 0 aliphatic heterocycles. The Morgan fingerprint density at radius 1 is 1.67 bits per heavy atom. The molecule has 4 heteroatoms. The monoisotopic (exact) mass is 307 g/mol. The van der Waals surface area contributed by atoms with Crippen molar-refractivity contribution in [1.29, 1.82) is 5.26 Å². The number of alkyl halides is 2. The zero-order valence-corrected chi connectivity index (χ0v) is 10.2. The molecular formula is C8H7Br2NS. The number of rotatable bonds is 3. The Labute approximate surface area is 92.7 Å². The highest BCUT2D eigenvalue weighted by Gasteiger charge is 2.25. The fourth-order valence-corrected chi connectivity index (χ4v) is 2.44. The van der Waals surface area contributed by atoms with E-state index in [2.05, 4.69) is 37.9 Å². The molecule has 0 spiro atoms. The minimum atomic E-state index is -0.447. The zero-order chi connectivity index (χ0) is 9.03. The summed E-state index contributed by atoms with van der Waals surface area (Å²) in [5.41, 5.74) is 0. The van der Waals surface area contributed by atoms with Crippen LogP contribution in [-0.4, -0.2) is 9.65 Å². The standard InChI is InChI=1S/C8H7Br2NS/c9-5-8(10,6-11)4-7-2-1-3-12-7/h1-3H,4-5H2. The van der Waals surface area contributed by atoms with Gasteiger partial charge in [-0.25, -0.2) is 0 Å². The maximum absolute atomic E-state index is 8.86. The number of nitriles is 1. The summed E-state index contributed by atoms with van der Waals surface area (Å²) in [7, 11) is 0. The SMILES string of the molecule is N#CC(Br)(CBr)Cc1cccs1. The second-order valence-corrected chi connectivity index (χ2v) is 5.58. The predicted octanol–water partition coefficient (Wildman–Crippen LogP) is 3.34. The molecule has 1 aromatic heterocycles. The van der Waals surface area contributed by atoms with Crippen molar-refractivity contribution in [3.63, 3.8) is 0 Å². The first-order chi connectivity index (χ1) is 5.70. The predicted molar refractivity (Wildman–Crippen MR) is 59.1 cm³/mol. The normalized spacial score (nSPS) is 15.1. The average molecular weight is 309 g/mol. The van der Waals surface area contributed by atoms with Crippen LogP contribution in [0.2, 0.25) is 0 Å². The molecule has 0 aliphatic rings. The van der Waals surface area contributed by atoms with Gasteiger partial charge in [0.2, 0.25) is 0 Å². The van der Waals surface area contributed by atoms with Gasteiger partial charge in [0.15, 0.2) is 0 Å². The maximum atomic E-state index is 8.86. The molecule has 0 bridgehead atoms. The van der Waals surface area contributed by atoms with Crippen LogP contribution in [0.5, 0.6) is 0 Å². The first-order valence-corrected chi connectivity index (χ1v) is 6.18. The van der Waals surface area contributed by atoms with Crippen LogP contribution >= 0.6 is 43.2 Å². The third kappa shape index (κ3) is 2.58. The lowest BCUT2D eigenvalue weighted by Gasteiger charge is -2.14. The summed E-state index contributed by atoms with van der Waals surface area (Å²) in [5.74, 6) is 0. The minimum Gasteiger partial charge on any atom is -0.197 e. The molecule has 1 rings (SSSR count). The van der Waals surface area contributed by atoms with E-state index in [1.807, 2.05) is 17.5 Å². The van der Waals surface area contributed by atoms with Gasteiger partial charge < -0.3 is 0 Å². The molecule has 1 heterocycles. The second-order valence-electron chi connectivity index (χ2n) is 2.47. The molecule has 0 saturated heterocycles. The molecule has 1 nitrogen and oxygen atoms in total. The van der Waals surface area contributed by atoms with Gasteiger partial charge in [-0.05, 0) is 11.4 Å². The van der Waals surface area contributed by atoms with Gasteiger partial charge in [-0.15, -0.1) is 11.3 Å². The van der Waals surface area contributed by atoms with E-state index >= 15 is 0 Å². The highest BCUT2D eigenvalue weighted by molar-refractivity contribution is 9.12. The van der Waals surface area contributed by atoms with Crippen molar-refractivity contribution in [1.82, 2.24) is 0 Å². The fraction of sp³-hybridized carbons (Fsp3) is 0.375. The zero-order valence-electron chi connectivity index (χ0n) is 6.26. The first-order valence-electron chi connectivity index (χ1n) is 3.39. The van der Waals surface area contributed by atoms with Crippen molar-refractivity contribution in [3.8, 4) is 6.07 Å². The van der Waals surface area contributed by atoms with E-state index in [0.717, 1.165) is 6.42 Å². The average Bonchev–Trinajstić information content (AvgIpc) is 2.57. The van der Waals surface area contributed by atoms with Gasteiger partial charge in [-0.3, -0.25) is 0 Å². The van der Waals surface area contributed by atoms with Crippen LogP contribution < -0.4 is 0 Å². The lowest BCUT2D eigenvalue weighted by atomic mass is 10.1. The molecule has 1 atom stereocenters. The Kier molecular flexibility index (Phi) is 3.76. The highest BCUT2D eigenvalue weighted by atomic mass is 79.9. The van der Waals surface area contributed by atoms with E-state index in [1.165, 1.54) is 4.88 Å². The fourth-order valence-electron chi connectivity index (χ4n) is 0.806. The molecule has 0 amide bonds. The summed E-state index contributed by atoms with van der Waals surface area (Å²) < 4.78 is -0.447. The molecule has 0 aliphatic carbocycles. The highest BCUT2D eigenvalue weighted by Crippen LogP contribution is 2.26. The molecule has 12 heavy (non-hydrogen) atoms. The van der Waals surface area contributed by atoms with Crippen LogP contribution in [0, 0.1) is 11.3 Å². The first kappa shape index (κ1) is 10.2. The van der Waals surface area contributed by atoms with E-state index in [-0.39, 0.29) is 0 Å². The molecule has 0 N–H and O–H groups in total. The van der Waals surface area contributed by atoms with Crippen molar-refractivity contribution in [2.24, 2.45) is 0 Å². The van der Waals surface area contributed by atoms with Crippen LogP contribution in [0.15, 0.2) is 17.5 Å². The quantitative estimate of drug-likeness (QED) is 0.786. The lowest BCUT2D eigenvalue weighted by Crippen LogP contribution is -2.22. The van der Waals surface area contributed by atoms with Gasteiger partial charge in [0.25, 0.3) is 0 Å².